The van der Waals surface area contributed by atoms with E-state index in [-0.39, 0.29) is 11.3 Å². The number of pyridine rings is 2. The molecule has 3 heterocycles. The highest BCUT2D eigenvalue weighted by atomic mass is 35.5. The number of carboxylic acids is 1. The van der Waals surface area contributed by atoms with E-state index in [1.165, 1.54) is 12.3 Å². The van der Waals surface area contributed by atoms with Gasteiger partial charge in [0.05, 0.1) is 22.6 Å². The van der Waals surface area contributed by atoms with E-state index in [0.717, 1.165) is 16.5 Å². The van der Waals surface area contributed by atoms with Crippen molar-refractivity contribution in [2.45, 2.75) is 6.54 Å². The Bertz CT molecular complexity index is 1200. The lowest BCUT2D eigenvalue weighted by molar-refractivity contribution is 0.0691. The van der Waals surface area contributed by atoms with E-state index in [0.29, 0.717) is 22.5 Å². The van der Waals surface area contributed by atoms with Crippen LogP contribution in [0.3, 0.4) is 0 Å². The van der Waals surface area contributed by atoms with E-state index in [2.05, 4.69) is 15.1 Å². The van der Waals surface area contributed by atoms with Crippen LogP contribution in [-0.2, 0) is 6.54 Å². The van der Waals surface area contributed by atoms with Crippen LogP contribution >= 0.6 is 11.6 Å². The fourth-order valence-corrected chi connectivity index (χ4v) is 2.97. The van der Waals surface area contributed by atoms with E-state index in [1.807, 2.05) is 24.3 Å². The van der Waals surface area contributed by atoms with Crippen molar-refractivity contribution in [3.05, 3.63) is 69.4 Å². The first kappa shape index (κ1) is 15.3. The van der Waals surface area contributed by atoms with E-state index >= 15 is 0 Å². The van der Waals surface area contributed by atoms with Gasteiger partial charge in [-0.15, -0.1) is 0 Å². The van der Waals surface area contributed by atoms with Crippen molar-refractivity contribution in [3.63, 3.8) is 0 Å². The van der Waals surface area contributed by atoms with E-state index in [4.69, 9.17) is 11.6 Å². The molecular formula is C17H11ClN4O3. The van der Waals surface area contributed by atoms with E-state index in [1.54, 1.807) is 10.9 Å². The van der Waals surface area contributed by atoms with Gasteiger partial charge in [0.15, 0.2) is 5.69 Å². The summed E-state index contributed by atoms with van der Waals surface area (Å²) in [6, 6.07) is 8.74. The fraction of sp³-hybridized carbons (Fsp3) is 0.0588. The second-order valence-corrected chi connectivity index (χ2v) is 6.02. The summed E-state index contributed by atoms with van der Waals surface area (Å²) in [5.41, 5.74) is 1.74. The Morgan fingerprint density at radius 3 is 2.92 bits per heavy atom. The van der Waals surface area contributed by atoms with E-state index in [9.17, 15) is 14.7 Å². The zero-order valence-electron chi connectivity index (χ0n) is 12.7. The Morgan fingerprint density at radius 1 is 1.28 bits per heavy atom. The summed E-state index contributed by atoms with van der Waals surface area (Å²) >= 11 is 5.98. The first-order chi connectivity index (χ1) is 12.0. The quantitative estimate of drug-likeness (QED) is 0.589. The molecule has 0 saturated heterocycles. The Hall–Kier alpha value is -3.19. The van der Waals surface area contributed by atoms with Crippen LogP contribution in [0.2, 0.25) is 5.02 Å². The number of benzene rings is 1. The minimum Gasteiger partial charge on any atom is -0.476 e. The van der Waals surface area contributed by atoms with Crippen LogP contribution in [0.25, 0.3) is 21.8 Å². The van der Waals surface area contributed by atoms with Crippen molar-refractivity contribution in [1.29, 1.82) is 0 Å². The maximum atomic E-state index is 11.5. The molecule has 0 aliphatic rings. The third kappa shape index (κ3) is 2.74. The number of carbonyl (C=O) groups is 1. The van der Waals surface area contributed by atoms with Gasteiger partial charge in [-0.3, -0.25) is 14.5 Å². The molecule has 124 valence electrons. The number of aromatic amines is 1. The number of aromatic carboxylic acids is 1. The average molecular weight is 355 g/mol. The molecule has 7 nitrogen and oxygen atoms in total. The molecule has 0 bridgehead atoms. The standard InChI is InChI=1S/C17H11ClN4O3/c18-11-4-10-3-9(1-2-13(10)19-6-11)8-22-14-7-20-15(23)5-12(14)16(21-22)17(24)25/h1-7H,8H2,(H,20,23)(H,24,25). The third-order valence-corrected chi connectivity index (χ3v) is 4.11. The molecule has 4 aromatic rings. The molecular weight excluding hydrogens is 344 g/mol. The predicted molar refractivity (Wildman–Crippen MR) is 93.2 cm³/mol. The van der Waals surface area contributed by atoms with Crippen LogP contribution in [0.5, 0.6) is 0 Å². The predicted octanol–water partition coefficient (Wildman–Crippen LogP) is 2.67. The molecule has 8 heteroatoms. The minimum absolute atomic E-state index is 0.147. The van der Waals surface area contributed by atoms with Gasteiger partial charge in [0.1, 0.15) is 0 Å². The summed E-state index contributed by atoms with van der Waals surface area (Å²) in [6.07, 6.45) is 3.05. The lowest BCUT2D eigenvalue weighted by Gasteiger charge is -2.05. The van der Waals surface area contributed by atoms with Crippen molar-refractivity contribution in [1.82, 2.24) is 19.7 Å². The van der Waals surface area contributed by atoms with Crippen LogP contribution in [-0.4, -0.2) is 30.8 Å². The van der Waals surface area contributed by atoms with Gasteiger partial charge in [0.25, 0.3) is 0 Å². The molecule has 2 N–H and O–H groups in total. The molecule has 0 amide bonds. The van der Waals surface area contributed by atoms with Gasteiger partial charge in [-0.05, 0) is 23.8 Å². The van der Waals surface area contributed by atoms with Gasteiger partial charge in [0, 0.05) is 29.2 Å². The van der Waals surface area contributed by atoms with Crippen LogP contribution in [0.15, 0.2) is 47.5 Å². The number of H-pyrrole nitrogens is 1. The Kier molecular flexibility index (Phi) is 3.51. The van der Waals surface area contributed by atoms with Crippen LogP contribution in [0.4, 0.5) is 0 Å². The van der Waals surface area contributed by atoms with Gasteiger partial charge >= 0.3 is 5.97 Å². The summed E-state index contributed by atoms with van der Waals surface area (Å²) in [4.78, 5) is 29.7. The number of hydrogen-bond acceptors (Lipinski definition) is 4. The molecule has 0 unspecified atom stereocenters. The highest BCUT2D eigenvalue weighted by molar-refractivity contribution is 6.31. The largest absolute Gasteiger partial charge is 0.476 e. The summed E-state index contributed by atoms with van der Waals surface area (Å²) in [5, 5.41) is 15.2. The number of aromatic nitrogens is 4. The molecule has 4 rings (SSSR count). The SMILES string of the molecule is O=C(O)c1nn(Cc2ccc3ncc(Cl)cc3c2)c2c[nH]c(=O)cc12. The van der Waals surface area contributed by atoms with Crippen LogP contribution in [0, 0.1) is 0 Å². The van der Waals surface area contributed by atoms with Gasteiger partial charge in [-0.1, -0.05) is 17.7 Å². The monoisotopic (exact) mass is 354 g/mol. The van der Waals surface area contributed by atoms with Crippen molar-refractivity contribution in [3.8, 4) is 0 Å². The molecule has 0 aliphatic heterocycles. The van der Waals surface area contributed by atoms with Crippen LogP contribution < -0.4 is 5.56 Å². The van der Waals surface area contributed by atoms with Gasteiger partial charge in [0.2, 0.25) is 5.56 Å². The summed E-state index contributed by atoms with van der Waals surface area (Å²) in [7, 11) is 0. The number of hydrogen-bond donors (Lipinski definition) is 2. The molecule has 0 spiro atoms. The zero-order chi connectivity index (χ0) is 17.6. The van der Waals surface area contributed by atoms with Crippen LogP contribution in [0.1, 0.15) is 16.1 Å². The molecule has 0 saturated carbocycles. The number of rotatable bonds is 3. The Morgan fingerprint density at radius 2 is 2.12 bits per heavy atom. The van der Waals surface area contributed by atoms with Crippen molar-refractivity contribution < 1.29 is 9.90 Å². The van der Waals surface area contributed by atoms with E-state index < -0.39 is 5.97 Å². The summed E-state index contributed by atoms with van der Waals surface area (Å²) in [6.45, 7) is 0.346. The summed E-state index contributed by atoms with van der Waals surface area (Å²) in [5.74, 6) is -1.18. The van der Waals surface area contributed by atoms with Gasteiger partial charge < -0.3 is 10.1 Å². The van der Waals surface area contributed by atoms with Crippen molar-refractivity contribution in [2.24, 2.45) is 0 Å². The topological polar surface area (TPSA) is 101 Å². The highest BCUT2D eigenvalue weighted by Gasteiger charge is 2.17. The van der Waals surface area contributed by atoms with Crippen molar-refractivity contribution >= 4 is 39.4 Å². The first-order valence-electron chi connectivity index (χ1n) is 7.38. The number of nitrogens with zero attached hydrogens (tertiary/aromatic N) is 3. The first-order valence-corrected chi connectivity index (χ1v) is 7.76. The minimum atomic E-state index is -1.18. The summed E-state index contributed by atoms with van der Waals surface area (Å²) < 4.78 is 1.55. The molecule has 0 radical (unpaired) electrons. The Balaban J connectivity index is 1.83. The number of fused-ring (bicyclic) bond motifs is 2. The number of carboxylic acid groups (broad SMARTS) is 1. The second-order valence-electron chi connectivity index (χ2n) is 5.59. The normalized spacial score (nSPS) is 11.2. The molecule has 25 heavy (non-hydrogen) atoms. The van der Waals surface area contributed by atoms with Crippen molar-refractivity contribution in [2.75, 3.05) is 0 Å². The van der Waals surface area contributed by atoms with Gasteiger partial charge in [-0.2, -0.15) is 5.10 Å². The Labute approximate surface area is 145 Å². The molecule has 0 atom stereocenters. The van der Waals surface area contributed by atoms with Gasteiger partial charge in [-0.25, -0.2) is 4.79 Å². The fourth-order valence-electron chi connectivity index (χ4n) is 2.80. The third-order valence-electron chi connectivity index (χ3n) is 3.90. The smallest absolute Gasteiger partial charge is 0.357 e. The number of halogens is 1. The average Bonchev–Trinajstić information content (AvgIpc) is 2.92. The highest BCUT2D eigenvalue weighted by Crippen LogP contribution is 2.21. The molecule has 3 aromatic heterocycles. The lowest BCUT2D eigenvalue weighted by atomic mass is 10.1. The zero-order valence-corrected chi connectivity index (χ0v) is 13.5. The molecule has 0 aliphatic carbocycles. The maximum absolute atomic E-state index is 11.5. The maximum Gasteiger partial charge on any atom is 0.357 e. The molecule has 0 fully saturated rings. The second kappa shape index (κ2) is 5.71. The lowest BCUT2D eigenvalue weighted by Crippen LogP contribution is -2.05. The molecule has 1 aromatic carbocycles. The number of nitrogens with one attached hydrogen (secondary N) is 1.